The Labute approximate surface area is 112 Å². The molecular weight excluding hydrogens is 282 g/mol. The summed E-state index contributed by atoms with van der Waals surface area (Å²) in [5.74, 6) is 0. The predicted octanol–water partition coefficient (Wildman–Crippen LogP) is 2.80. The molecule has 3 nitrogen and oxygen atoms in total. The van der Waals surface area contributed by atoms with Crippen LogP contribution >= 0.6 is 15.9 Å². The number of aliphatic hydroxyl groups excluding tert-OH is 1. The Morgan fingerprint density at radius 1 is 1.35 bits per heavy atom. The minimum atomic E-state index is 0.0734. The fraction of sp³-hybridized carbons (Fsp3) is 0.538. The van der Waals surface area contributed by atoms with Crippen molar-refractivity contribution in [1.82, 2.24) is 0 Å². The van der Waals surface area contributed by atoms with Gasteiger partial charge < -0.3 is 14.7 Å². The van der Waals surface area contributed by atoms with Gasteiger partial charge in [-0.2, -0.15) is 0 Å². The second-order valence-corrected chi connectivity index (χ2v) is 4.57. The van der Waals surface area contributed by atoms with Gasteiger partial charge in [0, 0.05) is 24.2 Å². The molecule has 0 saturated heterocycles. The van der Waals surface area contributed by atoms with E-state index in [2.05, 4.69) is 27.8 Å². The Morgan fingerprint density at radius 3 is 2.65 bits per heavy atom. The van der Waals surface area contributed by atoms with Crippen molar-refractivity contribution >= 4 is 21.6 Å². The van der Waals surface area contributed by atoms with E-state index in [1.165, 1.54) is 0 Å². The molecule has 0 atom stereocenters. The topological polar surface area (TPSA) is 32.7 Å². The number of ether oxygens (including phenoxy) is 1. The summed E-state index contributed by atoms with van der Waals surface area (Å²) < 4.78 is 6.39. The number of anilines is 1. The minimum absolute atomic E-state index is 0.0734. The number of nitrogens with zero attached hydrogens (tertiary/aromatic N) is 1. The highest BCUT2D eigenvalue weighted by atomic mass is 79.9. The van der Waals surface area contributed by atoms with Gasteiger partial charge in [0.25, 0.3) is 0 Å². The van der Waals surface area contributed by atoms with Crippen LogP contribution in [0.4, 0.5) is 5.69 Å². The van der Waals surface area contributed by atoms with Gasteiger partial charge in [-0.15, -0.1) is 0 Å². The van der Waals surface area contributed by atoms with Crippen molar-refractivity contribution in [2.24, 2.45) is 0 Å². The van der Waals surface area contributed by atoms with Crippen molar-refractivity contribution in [2.75, 3.05) is 31.2 Å². The van der Waals surface area contributed by atoms with E-state index < -0.39 is 0 Å². The second-order valence-electron chi connectivity index (χ2n) is 3.72. The predicted molar refractivity (Wildman–Crippen MR) is 74.4 cm³/mol. The van der Waals surface area contributed by atoms with Gasteiger partial charge in [-0.3, -0.25) is 0 Å². The standard InChI is InChI=1S/C13H20BrNO2/c1-3-15(7-8-17-4-2)13-6-5-11(10-16)9-12(13)14/h5-6,9,16H,3-4,7-8,10H2,1-2H3. The zero-order chi connectivity index (χ0) is 12.7. The average molecular weight is 302 g/mol. The lowest BCUT2D eigenvalue weighted by molar-refractivity contribution is 0.154. The third kappa shape index (κ3) is 4.30. The summed E-state index contributed by atoms with van der Waals surface area (Å²) in [6, 6.07) is 5.94. The summed E-state index contributed by atoms with van der Waals surface area (Å²) in [6.07, 6.45) is 0. The van der Waals surface area contributed by atoms with Gasteiger partial charge in [0.1, 0.15) is 0 Å². The number of likely N-dealkylation sites (N-methyl/N-ethyl adjacent to an activating group) is 1. The number of benzene rings is 1. The third-order valence-corrected chi connectivity index (χ3v) is 3.26. The van der Waals surface area contributed by atoms with Crippen LogP contribution in [-0.4, -0.2) is 31.4 Å². The molecule has 0 bridgehead atoms. The van der Waals surface area contributed by atoms with E-state index in [0.29, 0.717) is 0 Å². The molecule has 0 spiro atoms. The van der Waals surface area contributed by atoms with Crippen molar-refractivity contribution < 1.29 is 9.84 Å². The molecule has 17 heavy (non-hydrogen) atoms. The zero-order valence-electron chi connectivity index (χ0n) is 10.4. The maximum atomic E-state index is 9.07. The molecule has 0 aromatic heterocycles. The Hall–Kier alpha value is -0.580. The van der Waals surface area contributed by atoms with Crippen LogP contribution in [0.15, 0.2) is 22.7 Å². The van der Waals surface area contributed by atoms with E-state index in [1.54, 1.807) is 0 Å². The van der Waals surface area contributed by atoms with Gasteiger partial charge in [0.2, 0.25) is 0 Å². The molecule has 0 heterocycles. The molecule has 1 aromatic carbocycles. The summed E-state index contributed by atoms with van der Waals surface area (Å²) in [4.78, 5) is 2.25. The summed E-state index contributed by atoms with van der Waals surface area (Å²) in [5.41, 5.74) is 2.06. The molecule has 0 fully saturated rings. The maximum Gasteiger partial charge on any atom is 0.0682 e. The first-order valence-corrected chi connectivity index (χ1v) is 6.74. The summed E-state index contributed by atoms with van der Waals surface area (Å²) in [6.45, 7) is 7.50. The lowest BCUT2D eigenvalue weighted by Gasteiger charge is -2.24. The van der Waals surface area contributed by atoms with Crippen LogP contribution < -0.4 is 4.90 Å². The molecular formula is C13H20BrNO2. The van der Waals surface area contributed by atoms with Crippen LogP contribution in [-0.2, 0) is 11.3 Å². The number of rotatable bonds is 7. The zero-order valence-corrected chi connectivity index (χ0v) is 12.0. The number of halogens is 1. The van der Waals surface area contributed by atoms with Crippen molar-refractivity contribution in [3.63, 3.8) is 0 Å². The number of hydrogen-bond donors (Lipinski definition) is 1. The Balaban J connectivity index is 2.73. The van der Waals surface area contributed by atoms with Gasteiger partial charge in [0.15, 0.2) is 0 Å². The van der Waals surface area contributed by atoms with Crippen molar-refractivity contribution in [2.45, 2.75) is 20.5 Å². The highest BCUT2D eigenvalue weighted by molar-refractivity contribution is 9.10. The average Bonchev–Trinajstić information content (AvgIpc) is 2.35. The normalized spacial score (nSPS) is 10.6. The molecule has 0 aliphatic heterocycles. The van der Waals surface area contributed by atoms with Crippen molar-refractivity contribution in [3.05, 3.63) is 28.2 Å². The van der Waals surface area contributed by atoms with E-state index in [9.17, 15) is 0 Å². The van der Waals surface area contributed by atoms with Crippen LogP contribution in [0.2, 0.25) is 0 Å². The van der Waals surface area contributed by atoms with E-state index >= 15 is 0 Å². The Kier molecular flexibility index (Phi) is 6.55. The number of aliphatic hydroxyl groups is 1. The summed E-state index contributed by atoms with van der Waals surface area (Å²) >= 11 is 3.54. The highest BCUT2D eigenvalue weighted by Crippen LogP contribution is 2.27. The van der Waals surface area contributed by atoms with Gasteiger partial charge in [-0.25, -0.2) is 0 Å². The molecule has 1 N–H and O–H groups in total. The van der Waals surface area contributed by atoms with Gasteiger partial charge in [-0.1, -0.05) is 6.07 Å². The maximum absolute atomic E-state index is 9.07. The monoisotopic (exact) mass is 301 g/mol. The Morgan fingerprint density at radius 2 is 2.12 bits per heavy atom. The molecule has 0 radical (unpaired) electrons. The van der Waals surface area contributed by atoms with E-state index in [4.69, 9.17) is 9.84 Å². The van der Waals surface area contributed by atoms with E-state index in [1.807, 2.05) is 25.1 Å². The molecule has 4 heteroatoms. The van der Waals surface area contributed by atoms with Crippen molar-refractivity contribution in [1.29, 1.82) is 0 Å². The van der Waals surface area contributed by atoms with Crippen LogP contribution in [0, 0.1) is 0 Å². The van der Waals surface area contributed by atoms with Crippen LogP contribution in [0.25, 0.3) is 0 Å². The summed E-state index contributed by atoms with van der Waals surface area (Å²) in [5, 5.41) is 9.07. The molecule has 0 aliphatic rings. The fourth-order valence-corrected chi connectivity index (χ4v) is 2.35. The third-order valence-electron chi connectivity index (χ3n) is 2.63. The first-order valence-electron chi connectivity index (χ1n) is 5.94. The molecule has 0 aliphatic carbocycles. The molecule has 1 aromatic rings. The van der Waals surface area contributed by atoms with Crippen molar-refractivity contribution in [3.8, 4) is 0 Å². The molecule has 0 amide bonds. The van der Waals surface area contributed by atoms with Gasteiger partial charge in [-0.05, 0) is 47.5 Å². The van der Waals surface area contributed by atoms with Crippen LogP contribution in [0.3, 0.4) is 0 Å². The van der Waals surface area contributed by atoms with Gasteiger partial charge in [0.05, 0.1) is 18.9 Å². The smallest absolute Gasteiger partial charge is 0.0682 e. The van der Waals surface area contributed by atoms with Crippen LogP contribution in [0.1, 0.15) is 19.4 Å². The van der Waals surface area contributed by atoms with E-state index in [-0.39, 0.29) is 6.61 Å². The SMILES string of the molecule is CCOCCN(CC)c1ccc(CO)cc1Br. The molecule has 0 unspecified atom stereocenters. The quantitative estimate of drug-likeness (QED) is 0.786. The second kappa shape index (κ2) is 7.69. The number of hydrogen-bond acceptors (Lipinski definition) is 3. The lowest BCUT2D eigenvalue weighted by atomic mass is 10.2. The molecule has 1 rings (SSSR count). The van der Waals surface area contributed by atoms with Crippen LogP contribution in [0.5, 0.6) is 0 Å². The lowest BCUT2D eigenvalue weighted by Crippen LogP contribution is -2.27. The van der Waals surface area contributed by atoms with E-state index in [0.717, 1.165) is 42.0 Å². The molecule has 0 saturated carbocycles. The molecule has 96 valence electrons. The largest absolute Gasteiger partial charge is 0.392 e. The first-order chi connectivity index (χ1) is 8.22. The summed E-state index contributed by atoms with van der Waals surface area (Å²) in [7, 11) is 0. The fourth-order valence-electron chi connectivity index (χ4n) is 1.67. The minimum Gasteiger partial charge on any atom is -0.392 e. The van der Waals surface area contributed by atoms with Gasteiger partial charge >= 0.3 is 0 Å². The highest BCUT2D eigenvalue weighted by Gasteiger charge is 2.08. The Bertz CT molecular complexity index is 344. The first kappa shape index (κ1) is 14.5.